The first-order chi connectivity index (χ1) is 10.2. The smallest absolute Gasteiger partial charge is 0.339 e. The van der Waals surface area contributed by atoms with Crippen molar-refractivity contribution in [2.24, 2.45) is 0 Å². The maximum Gasteiger partial charge on any atom is 0.339 e. The molecule has 2 aromatic rings. The lowest BCUT2D eigenvalue weighted by Gasteiger charge is -2.13. The standard InChI is InChI=1S/C16H17FO4S/c1-10-7-11(2)16(12(3)8-10)21-22(18,19)13-5-6-14(17)15(9-13)20-4/h5-9H,1-4H3. The molecule has 0 amide bonds. The summed E-state index contributed by atoms with van der Waals surface area (Å²) < 4.78 is 48.2. The third-order valence-electron chi connectivity index (χ3n) is 3.21. The van der Waals surface area contributed by atoms with Crippen LogP contribution in [0.15, 0.2) is 35.2 Å². The van der Waals surface area contributed by atoms with Gasteiger partial charge in [-0.2, -0.15) is 8.42 Å². The third kappa shape index (κ3) is 3.22. The van der Waals surface area contributed by atoms with E-state index < -0.39 is 15.9 Å². The molecule has 0 aliphatic carbocycles. The molecule has 0 aliphatic heterocycles. The average Bonchev–Trinajstić information content (AvgIpc) is 2.43. The normalized spacial score (nSPS) is 11.3. The second-order valence-electron chi connectivity index (χ2n) is 5.06. The fraction of sp³-hybridized carbons (Fsp3) is 0.250. The highest BCUT2D eigenvalue weighted by Crippen LogP contribution is 2.29. The van der Waals surface area contributed by atoms with Crippen molar-refractivity contribution in [2.45, 2.75) is 25.7 Å². The molecule has 118 valence electrons. The van der Waals surface area contributed by atoms with E-state index in [0.717, 1.165) is 34.9 Å². The van der Waals surface area contributed by atoms with E-state index in [-0.39, 0.29) is 16.4 Å². The van der Waals surface area contributed by atoms with Crippen LogP contribution in [0.2, 0.25) is 0 Å². The molecule has 0 aromatic heterocycles. The molecule has 0 fully saturated rings. The van der Waals surface area contributed by atoms with E-state index in [4.69, 9.17) is 8.92 Å². The zero-order chi connectivity index (χ0) is 16.5. The summed E-state index contributed by atoms with van der Waals surface area (Å²) in [4.78, 5) is -0.162. The van der Waals surface area contributed by atoms with E-state index >= 15 is 0 Å². The average molecular weight is 324 g/mol. The Balaban J connectivity index is 2.45. The highest BCUT2D eigenvalue weighted by atomic mass is 32.2. The Morgan fingerprint density at radius 2 is 1.59 bits per heavy atom. The lowest BCUT2D eigenvalue weighted by molar-refractivity contribution is 0.384. The van der Waals surface area contributed by atoms with Crippen LogP contribution < -0.4 is 8.92 Å². The zero-order valence-corrected chi connectivity index (χ0v) is 13.6. The highest BCUT2D eigenvalue weighted by molar-refractivity contribution is 7.87. The summed E-state index contributed by atoms with van der Waals surface area (Å²) in [7, 11) is -2.80. The van der Waals surface area contributed by atoms with Gasteiger partial charge in [0.1, 0.15) is 10.6 Å². The van der Waals surface area contributed by atoms with Crippen LogP contribution in [0.3, 0.4) is 0 Å². The van der Waals surface area contributed by atoms with Crippen molar-refractivity contribution in [1.82, 2.24) is 0 Å². The molecule has 6 heteroatoms. The van der Waals surface area contributed by atoms with Gasteiger partial charge in [0.15, 0.2) is 11.6 Å². The summed E-state index contributed by atoms with van der Waals surface area (Å²) in [5.74, 6) is -0.500. The highest BCUT2D eigenvalue weighted by Gasteiger charge is 2.21. The summed E-state index contributed by atoms with van der Waals surface area (Å²) in [6, 6.07) is 6.95. The van der Waals surface area contributed by atoms with Gasteiger partial charge < -0.3 is 8.92 Å². The van der Waals surface area contributed by atoms with Gasteiger partial charge in [-0.15, -0.1) is 0 Å². The SMILES string of the molecule is COc1cc(S(=O)(=O)Oc2c(C)cc(C)cc2C)ccc1F. The van der Waals surface area contributed by atoms with Crippen LogP contribution in [0.1, 0.15) is 16.7 Å². The molecule has 0 bridgehead atoms. The Kier molecular flexibility index (Phi) is 4.42. The summed E-state index contributed by atoms with van der Waals surface area (Å²) in [5, 5.41) is 0. The molecule has 4 nitrogen and oxygen atoms in total. The van der Waals surface area contributed by atoms with Crippen LogP contribution in [0, 0.1) is 26.6 Å². The first-order valence-electron chi connectivity index (χ1n) is 6.60. The first kappa shape index (κ1) is 16.3. The first-order valence-corrected chi connectivity index (χ1v) is 8.01. The number of aryl methyl sites for hydroxylation is 3. The maximum absolute atomic E-state index is 13.4. The molecular formula is C16H17FO4S. The van der Waals surface area contributed by atoms with Crippen molar-refractivity contribution in [3.05, 3.63) is 52.8 Å². The molecule has 0 saturated heterocycles. The largest absolute Gasteiger partial charge is 0.494 e. The third-order valence-corrected chi connectivity index (χ3v) is 4.43. The van der Waals surface area contributed by atoms with E-state index in [9.17, 15) is 12.8 Å². The monoisotopic (exact) mass is 324 g/mol. The van der Waals surface area contributed by atoms with E-state index in [0.29, 0.717) is 0 Å². The van der Waals surface area contributed by atoms with Gasteiger partial charge in [0.2, 0.25) is 0 Å². The molecular weight excluding hydrogens is 307 g/mol. The predicted octanol–water partition coefficient (Wildman–Crippen LogP) is 3.53. The molecule has 0 spiro atoms. The van der Waals surface area contributed by atoms with Crippen LogP contribution in [0.25, 0.3) is 0 Å². The quantitative estimate of drug-likeness (QED) is 0.807. The number of methoxy groups -OCH3 is 1. The van der Waals surface area contributed by atoms with Crippen molar-refractivity contribution in [2.75, 3.05) is 7.11 Å². The number of benzene rings is 2. The fourth-order valence-corrected chi connectivity index (χ4v) is 3.32. The second-order valence-corrected chi connectivity index (χ2v) is 6.61. The maximum atomic E-state index is 13.4. The molecule has 0 heterocycles. The summed E-state index contributed by atoms with van der Waals surface area (Å²) in [6.45, 7) is 5.47. The molecule has 0 unspecified atom stereocenters. The molecule has 22 heavy (non-hydrogen) atoms. The second kappa shape index (κ2) is 5.96. The van der Waals surface area contributed by atoms with Gasteiger partial charge >= 0.3 is 10.1 Å². The number of hydrogen-bond acceptors (Lipinski definition) is 4. The van der Waals surface area contributed by atoms with Crippen LogP contribution in [0.4, 0.5) is 4.39 Å². The summed E-state index contributed by atoms with van der Waals surface area (Å²) >= 11 is 0. The minimum Gasteiger partial charge on any atom is -0.494 e. The zero-order valence-electron chi connectivity index (χ0n) is 12.8. The van der Waals surface area contributed by atoms with Crippen molar-refractivity contribution in [3.63, 3.8) is 0 Å². The molecule has 0 atom stereocenters. The van der Waals surface area contributed by atoms with E-state index in [1.807, 2.05) is 19.1 Å². The van der Waals surface area contributed by atoms with Crippen molar-refractivity contribution >= 4 is 10.1 Å². The van der Waals surface area contributed by atoms with Crippen molar-refractivity contribution in [1.29, 1.82) is 0 Å². The van der Waals surface area contributed by atoms with Crippen LogP contribution >= 0.6 is 0 Å². The molecule has 0 N–H and O–H groups in total. The number of halogens is 1. The minimum absolute atomic E-state index is 0.151. The van der Waals surface area contributed by atoms with Gasteiger partial charge in [0, 0.05) is 6.07 Å². The Hall–Kier alpha value is -2.08. The summed E-state index contributed by atoms with van der Waals surface area (Å²) in [6.07, 6.45) is 0. The number of rotatable bonds is 4. The van der Waals surface area contributed by atoms with Crippen LogP contribution in [-0.4, -0.2) is 15.5 Å². The van der Waals surface area contributed by atoms with Gasteiger partial charge in [0.05, 0.1) is 7.11 Å². The van der Waals surface area contributed by atoms with E-state index in [1.165, 1.54) is 7.11 Å². The van der Waals surface area contributed by atoms with Gasteiger partial charge in [-0.1, -0.05) is 17.7 Å². The fourth-order valence-electron chi connectivity index (χ4n) is 2.25. The molecule has 0 radical (unpaired) electrons. The van der Waals surface area contributed by atoms with Crippen molar-refractivity contribution in [3.8, 4) is 11.5 Å². The molecule has 2 rings (SSSR count). The lowest BCUT2D eigenvalue weighted by Crippen LogP contribution is -2.12. The van der Waals surface area contributed by atoms with E-state index in [1.54, 1.807) is 13.8 Å². The Morgan fingerprint density at radius 1 is 1.00 bits per heavy atom. The lowest BCUT2D eigenvalue weighted by atomic mass is 10.1. The van der Waals surface area contributed by atoms with Crippen LogP contribution in [0.5, 0.6) is 11.5 Å². The van der Waals surface area contributed by atoms with Gasteiger partial charge in [-0.05, 0) is 44.0 Å². The Labute approximate surface area is 129 Å². The molecule has 0 saturated carbocycles. The Bertz CT molecular complexity index is 790. The molecule has 2 aromatic carbocycles. The minimum atomic E-state index is -4.07. The molecule has 0 aliphatic rings. The van der Waals surface area contributed by atoms with Gasteiger partial charge in [-0.3, -0.25) is 0 Å². The number of ether oxygens (including phenoxy) is 1. The van der Waals surface area contributed by atoms with Crippen molar-refractivity contribution < 1.29 is 21.7 Å². The Morgan fingerprint density at radius 3 is 2.14 bits per heavy atom. The van der Waals surface area contributed by atoms with Gasteiger partial charge in [-0.25, -0.2) is 4.39 Å². The predicted molar refractivity (Wildman–Crippen MR) is 81.4 cm³/mol. The van der Waals surface area contributed by atoms with E-state index in [2.05, 4.69) is 0 Å². The van der Waals surface area contributed by atoms with Crippen LogP contribution in [-0.2, 0) is 10.1 Å². The summed E-state index contributed by atoms with van der Waals surface area (Å²) in [5.41, 5.74) is 2.45. The number of hydrogen-bond donors (Lipinski definition) is 0. The topological polar surface area (TPSA) is 52.6 Å². The van der Waals surface area contributed by atoms with Gasteiger partial charge in [0.25, 0.3) is 0 Å².